The third kappa shape index (κ3) is 5.79. The minimum atomic E-state index is 0.742. The molecule has 0 saturated heterocycles. The highest BCUT2D eigenvalue weighted by Gasteiger charge is 2.00. The summed E-state index contributed by atoms with van der Waals surface area (Å²) >= 11 is 0. The Morgan fingerprint density at radius 2 is 1.44 bits per heavy atom. The highest BCUT2D eigenvalue weighted by atomic mass is 16.5. The van der Waals surface area contributed by atoms with Crippen LogP contribution in [0, 0.1) is 13.8 Å². The van der Waals surface area contributed by atoms with Crippen LogP contribution in [0.15, 0.2) is 18.2 Å². The molecule has 0 aliphatic heterocycles. The normalized spacial score (nSPS) is 9.31. The Bertz CT molecular complexity index is 257. The highest BCUT2D eigenvalue weighted by molar-refractivity contribution is 5.39. The van der Waals surface area contributed by atoms with Crippen molar-refractivity contribution < 1.29 is 4.74 Å². The second-order valence-corrected chi connectivity index (χ2v) is 4.01. The minimum Gasteiger partial charge on any atom is -0.493 e. The molecule has 0 fully saturated rings. The van der Waals surface area contributed by atoms with Gasteiger partial charge in [0, 0.05) is 0 Å². The molecule has 92 valence electrons. The van der Waals surface area contributed by atoms with E-state index >= 15 is 0 Å². The average Bonchev–Trinajstić information content (AvgIpc) is 2.26. The second-order valence-electron chi connectivity index (χ2n) is 4.01. The summed E-state index contributed by atoms with van der Waals surface area (Å²) in [6, 6.07) is 6.18. The number of rotatable bonds is 4. The quantitative estimate of drug-likeness (QED) is 0.704. The summed E-state index contributed by atoms with van der Waals surface area (Å²) in [5.41, 5.74) is 2.43. The van der Waals surface area contributed by atoms with Crippen molar-refractivity contribution in [3.63, 3.8) is 0 Å². The molecule has 0 unspecified atom stereocenters. The van der Waals surface area contributed by atoms with Gasteiger partial charge in [-0.2, -0.15) is 0 Å². The van der Waals surface area contributed by atoms with E-state index < -0.39 is 0 Å². The zero-order valence-corrected chi connectivity index (χ0v) is 11.5. The van der Waals surface area contributed by atoms with Crippen molar-refractivity contribution >= 4 is 0 Å². The van der Waals surface area contributed by atoms with E-state index in [1.807, 2.05) is 13.0 Å². The SMILES string of the molecule is CCCCC.CCOc1c(C)cccc1C. The van der Waals surface area contributed by atoms with Crippen molar-refractivity contribution in [2.75, 3.05) is 6.61 Å². The van der Waals surface area contributed by atoms with Gasteiger partial charge in [-0.1, -0.05) is 51.3 Å². The zero-order valence-electron chi connectivity index (χ0n) is 11.5. The Morgan fingerprint density at radius 3 is 1.75 bits per heavy atom. The fourth-order valence-corrected chi connectivity index (χ4v) is 1.52. The van der Waals surface area contributed by atoms with E-state index in [2.05, 4.69) is 39.8 Å². The van der Waals surface area contributed by atoms with Crippen molar-refractivity contribution in [2.24, 2.45) is 0 Å². The first-order valence-electron chi connectivity index (χ1n) is 6.36. The lowest BCUT2D eigenvalue weighted by atomic mass is 10.1. The van der Waals surface area contributed by atoms with Crippen LogP contribution < -0.4 is 4.74 Å². The van der Waals surface area contributed by atoms with Crippen LogP contribution in [0.5, 0.6) is 5.75 Å². The maximum Gasteiger partial charge on any atom is 0.125 e. The van der Waals surface area contributed by atoms with Crippen LogP contribution >= 0.6 is 0 Å². The molecule has 0 bridgehead atoms. The molecule has 0 aromatic heterocycles. The van der Waals surface area contributed by atoms with Gasteiger partial charge < -0.3 is 4.74 Å². The van der Waals surface area contributed by atoms with E-state index in [1.54, 1.807) is 0 Å². The van der Waals surface area contributed by atoms with Crippen LogP contribution in [0.4, 0.5) is 0 Å². The van der Waals surface area contributed by atoms with Gasteiger partial charge in [0.15, 0.2) is 0 Å². The zero-order chi connectivity index (χ0) is 12.4. The Kier molecular flexibility index (Phi) is 8.69. The number of hydrogen-bond acceptors (Lipinski definition) is 1. The summed E-state index contributed by atoms with van der Waals surface area (Å²) in [7, 11) is 0. The molecule has 0 aliphatic rings. The fraction of sp³-hybridized carbons (Fsp3) is 0.600. The Morgan fingerprint density at radius 1 is 0.938 bits per heavy atom. The predicted octanol–water partition coefficient (Wildman–Crippen LogP) is 4.90. The Balaban J connectivity index is 0.000000385. The minimum absolute atomic E-state index is 0.742. The molecule has 0 N–H and O–H groups in total. The van der Waals surface area contributed by atoms with Crippen molar-refractivity contribution in [1.82, 2.24) is 0 Å². The number of ether oxygens (including phenoxy) is 1. The number of aryl methyl sites for hydroxylation is 2. The summed E-state index contributed by atoms with van der Waals surface area (Å²) in [5, 5.41) is 0. The third-order valence-corrected chi connectivity index (χ3v) is 2.40. The van der Waals surface area contributed by atoms with Gasteiger partial charge in [-0.05, 0) is 31.9 Å². The number of benzene rings is 1. The van der Waals surface area contributed by atoms with Gasteiger partial charge in [0.25, 0.3) is 0 Å². The maximum absolute atomic E-state index is 5.47. The molecular weight excluding hydrogens is 196 g/mol. The molecule has 1 nitrogen and oxygen atoms in total. The van der Waals surface area contributed by atoms with Crippen LogP contribution in [-0.4, -0.2) is 6.61 Å². The van der Waals surface area contributed by atoms with Gasteiger partial charge in [-0.15, -0.1) is 0 Å². The monoisotopic (exact) mass is 222 g/mol. The lowest BCUT2D eigenvalue weighted by Gasteiger charge is -2.08. The molecule has 1 aromatic rings. The second kappa shape index (κ2) is 9.26. The molecule has 0 radical (unpaired) electrons. The summed E-state index contributed by atoms with van der Waals surface area (Å²) < 4.78 is 5.47. The molecule has 0 amide bonds. The molecule has 0 spiro atoms. The molecular formula is C15H26O. The summed E-state index contributed by atoms with van der Waals surface area (Å²) in [5.74, 6) is 1.04. The van der Waals surface area contributed by atoms with Gasteiger partial charge >= 0.3 is 0 Å². The van der Waals surface area contributed by atoms with Crippen molar-refractivity contribution in [3.05, 3.63) is 29.3 Å². The van der Waals surface area contributed by atoms with E-state index in [1.165, 1.54) is 30.4 Å². The van der Waals surface area contributed by atoms with Gasteiger partial charge in [0.2, 0.25) is 0 Å². The van der Waals surface area contributed by atoms with Crippen LogP contribution in [0.2, 0.25) is 0 Å². The van der Waals surface area contributed by atoms with Gasteiger partial charge in [-0.3, -0.25) is 0 Å². The van der Waals surface area contributed by atoms with Crippen LogP contribution in [0.3, 0.4) is 0 Å². The molecule has 16 heavy (non-hydrogen) atoms. The molecule has 0 heterocycles. The number of hydrogen-bond donors (Lipinski definition) is 0. The summed E-state index contributed by atoms with van der Waals surface area (Å²) in [6.07, 6.45) is 4.08. The van der Waals surface area contributed by atoms with E-state index in [0.717, 1.165) is 12.4 Å². The van der Waals surface area contributed by atoms with E-state index in [-0.39, 0.29) is 0 Å². The van der Waals surface area contributed by atoms with Crippen molar-refractivity contribution in [3.8, 4) is 5.75 Å². The van der Waals surface area contributed by atoms with Gasteiger partial charge in [0.1, 0.15) is 5.75 Å². The Labute approximate surface area is 101 Å². The van der Waals surface area contributed by atoms with Crippen LogP contribution in [0.25, 0.3) is 0 Å². The number of unbranched alkanes of at least 4 members (excludes halogenated alkanes) is 2. The molecule has 1 rings (SSSR count). The number of para-hydroxylation sites is 1. The largest absolute Gasteiger partial charge is 0.493 e. The first-order valence-corrected chi connectivity index (χ1v) is 6.36. The molecule has 1 heteroatoms. The topological polar surface area (TPSA) is 9.23 Å². The van der Waals surface area contributed by atoms with E-state index in [0.29, 0.717) is 0 Å². The lowest BCUT2D eigenvalue weighted by Crippen LogP contribution is -1.95. The summed E-state index contributed by atoms with van der Waals surface area (Å²) in [6.45, 7) is 11.3. The van der Waals surface area contributed by atoms with Gasteiger partial charge in [0.05, 0.1) is 6.61 Å². The van der Waals surface area contributed by atoms with Crippen LogP contribution in [-0.2, 0) is 0 Å². The smallest absolute Gasteiger partial charge is 0.125 e. The summed E-state index contributed by atoms with van der Waals surface area (Å²) in [4.78, 5) is 0. The predicted molar refractivity (Wildman–Crippen MR) is 72.3 cm³/mol. The van der Waals surface area contributed by atoms with Gasteiger partial charge in [-0.25, -0.2) is 0 Å². The average molecular weight is 222 g/mol. The standard InChI is InChI=1S/C10H14O.C5H12/c1-4-11-10-8(2)6-5-7-9(10)3;1-3-5-4-2/h5-7H,4H2,1-3H3;3-5H2,1-2H3. The van der Waals surface area contributed by atoms with Crippen LogP contribution in [0.1, 0.15) is 51.2 Å². The first-order chi connectivity index (χ1) is 7.67. The lowest BCUT2D eigenvalue weighted by molar-refractivity contribution is 0.335. The molecule has 0 atom stereocenters. The maximum atomic E-state index is 5.47. The molecule has 0 aliphatic carbocycles. The van der Waals surface area contributed by atoms with Crippen molar-refractivity contribution in [1.29, 1.82) is 0 Å². The Hall–Kier alpha value is -0.980. The van der Waals surface area contributed by atoms with E-state index in [4.69, 9.17) is 4.74 Å². The molecule has 0 saturated carbocycles. The highest BCUT2D eigenvalue weighted by Crippen LogP contribution is 2.21. The van der Waals surface area contributed by atoms with E-state index in [9.17, 15) is 0 Å². The fourth-order valence-electron chi connectivity index (χ4n) is 1.52. The molecule has 1 aromatic carbocycles. The first kappa shape index (κ1) is 15.0. The van der Waals surface area contributed by atoms with Crippen molar-refractivity contribution in [2.45, 2.75) is 53.9 Å². The third-order valence-electron chi connectivity index (χ3n) is 2.40.